The van der Waals surface area contributed by atoms with E-state index in [1.54, 1.807) is 12.2 Å². The SMILES string of the molecule is O=C(O)[C@@H](C1=CCC=CC1)N1CC(S(=O)(=O)F)CC1=O. The Kier molecular flexibility index (Phi) is 3.94. The van der Waals surface area contributed by atoms with Gasteiger partial charge in [-0.05, 0) is 18.4 Å². The van der Waals surface area contributed by atoms with E-state index in [0.29, 0.717) is 18.4 Å². The lowest BCUT2D eigenvalue weighted by Gasteiger charge is -2.27. The molecule has 1 heterocycles. The number of carboxylic acid groups (broad SMARTS) is 1. The number of amides is 1. The molecule has 1 amide bonds. The molecule has 1 N–H and O–H groups in total. The average Bonchev–Trinajstić information content (AvgIpc) is 2.73. The van der Waals surface area contributed by atoms with Crippen molar-refractivity contribution in [1.82, 2.24) is 4.90 Å². The van der Waals surface area contributed by atoms with E-state index < -0.39 is 46.4 Å². The zero-order valence-electron chi connectivity index (χ0n) is 10.5. The molecular weight excluding hydrogens is 289 g/mol. The Bertz CT molecular complexity index is 595. The number of rotatable bonds is 4. The van der Waals surface area contributed by atoms with Gasteiger partial charge in [-0.3, -0.25) is 4.79 Å². The van der Waals surface area contributed by atoms with Crippen LogP contribution >= 0.6 is 0 Å². The van der Waals surface area contributed by atoms with Crippen molar-refractivity contribution in [3.8, 4) is 0 Å². The van der Waals surface area contributed by atoms with E-state index >= 15 is 0 Å². The Hall–Kier alpha value is -1.70. The summed E-state index contributed by atoms with van der Waals surface area (Å²) in [6, 6.07) is -1.22. The standard InChI is InChI=1S/C12H14FNO5S/c13-20(18,19)9-6-10(15)14(7-9)11(12(16)17)8-4-2-1-3-5-8/h1-2,5,9,11H,3-4,6-7H2,(H,16,17)/t9?,11-/m1/s1. The Morgan fingerprint density at radius 3 is 2.60 bits per heavy atom. The molecule has 0 aromatic carbocycles. The van der Waals surface area contributed by atoms with Gasteiger partial charge in [0, 0.05) is 13.0 Å². The highest BCUT2D eigenvalue weighted by molar-refractivity contribution is 7.87. The van der Waals surface area contributed by atoms with Gasteiger partial charge in [0.15, 0.2) is 6.04 Å². The number of allylic oxidation sites excluding steroid dienone is 3. The fourth-order valence-electron chi connectivity index (χ4n) is 2.47. The van der Waals surface area contributed by atoms with E-state index in [9.17, 15) is 27.0 Å². The lowest BCUT2D eigenvalue weighted by molar-refractivity contribution is -0.146. The monoisotopic (exact) mass is 303 g/mol. The molecule has 1 aliphatic heterocycles. The first-order valence-electron chi connectivity index (χ1n) is 6.10. The first kappa shape index (κ1) is 14.7. The van der Waals surface area contributed by atoms with Gasteiger partial charge in [-0.1, -0.05) is 18.2 Å². The second-order valence-electron chi connectivity index (χ2n) is 4.78. The van der Waals surface area contributed by atoms with Gasteiger partial charge in [0.2, 0.25) is 5.91 Å². The molecule has 110 valence electrons. The number of aliphatic carboxylic acids is 1. The van der Waals surface area contributed by atoms with Crippen molar-refractivity contribution in [3.05, 3.63) is 23.8 Å². The molecule has 0 radical (unpaired) electrons. The quantitative estimate of drug-likeness (QED) is 0.607. The van der Waals surface area contributed by atoms with Crippen LogP contribution in [0.15, 0.2) is 23.8 Å². The summed E-state index contributed by atoms with van der Waals surface area (Å²) in [6.45, 7) is -0.421. The number of halogens is 1. The number of likely N-dealkylation sites (tertiary alicyclic amines) is 1. The summed E-state index contributed by atoms with van der Waals surface area (Å²) < 4.78 is 34.7. The molecule has 2 rings (SSSR count). The summed E-state index contributed by atoms with van der Waals surface area (Å²) >= 11 is 0. The van der Waals surface area contributed by atoms with Crippen LogP contribution in [-0.2, 0) is 19.8 Å². The van der Waals surface area contributed by atoms with Crippen LogP contribution in [0.3, 0.4) is 0 Å². The van der Waals surface area contributed by atoms with Crippen molar-refractivity contribution in [2.75, 3.05) is 6.54 Å². The largest absolute Gasteiger partial charge is 0.479 e. The Labute approximate surface area is 115 Å². The molecule has 0 saturated carbocycles. The number of carbonyl (C=O) groups excluding carboxylic acids is 1. The third-order valence-electron chi connectivity index (χ3n) is 3.45. The lowest BCUT2D eigenvalue weighted by Crippen LogP contribution is -2.44. The van der Waals surface area contributed by atoms with Crippen molar-refractivity contribution < 1.29 is 27.0 Å². The minimum absolute atomic E-state index is 0.383. The molecule has 6 nitrogen and oxygen atoms in total. The molecule has 0 aromatic heterocycles. The maximum atomic E-state index is 13.0. The van der Waals surface area contributed by atoms with Gasteiger partial charge in [0.05, 0.1) is 0 Å². The maximum absolute atomic E-state index is 13.0. The van der Waals surface area contributed by atoms with Crippen LogP contribution < -0.4 is 0 Å². The van der Waals surface area contributed by atoms with E-state index in [2.05, 4.69) is 0 Å². The van der Waals surface area contributed by atoms with Crippen LogP contribution in [0.25, 0.3) is 0 Å². The molecule has 1 fully saturated rings. The van der Waals surface area contributed by atoms with Gasteiger partial charge in [0.25, 0.3) is 0 Å². The minimum Gasteiger partial charge on any atom is -0.479 e. The highest BCUT2D eigenvalue weighted by Crippen LogP contribution is 2.27. The number of nitrogens with zero attached hydrogens (tertiary/aromatic N) is 1. The van der Waals surface area contributed by atoms with Gasteiger partial charge in [0.1, 0.15) is 5.25 Å². The van der Waals surface area contributed by atoms with E-state index in [4.69, 9.17) is 0 Å². The molecule has 0 aromatic rings. The molecule has 0 bridgehead atoms. The minimum atomic E-state index is -4.85. The van der Waals surface area contributed by atoms with Crippen LogP contribution in [-0.4, -0.2) is 48.1 Å². The fourth-order valence-corrected chi connectivity index (χ4v) is 3.15. The molecule has 0 spiro atoms. The van der Waals surface area contributed by atoms with Crippen molar-refractivity contribution in [3.63, 3.8) is 0 Å². The second kappa shape index (κ2) is 5.35. The van der Waals surface area contributed by atoms with Gasteiger partial charge in [-0.25, -0.2) is 4.79 Å². The molecule has 20 heavy (non-hydrogen) atoms. The van der Waals surface area contributed by atoms with Crippen LogP contribution in [0.5, 0.6) is 0 Å². The van der Waals surface area contributed by atoms with E-state index in [0.717, 1.165) is 4.90 Å². The molecular formula is C12H14FNO5S. The number of hydrogen-bond donors (Lipinski definition) is 1. The first-order chi connectivity index (χ1) is 9.30. The summed E-state index contributed by atoms with van der Waals surface area (Å²) in [7, 11) is -4.85. The van der Waals surface area contributed by atoms with Crippen molar-refractivity contribution in [1.29, 1.82) is 0 Å². The summed E-state index contributed by atoms with van der Waals surface area (Å²) in [6.07, 6.45) is 5.78. The molecule has 1 unspecified atom stereocenters. The highest BCUT2D eigenvalue weighted by Gasteiger charge is 2.44. The van der Waals surface area contributed by atoms with Crippen molar-refractivity contribution in [2.24, 2.45) is 0 Å². The van der Waals surface area contributed by atoms with Crippen LogP contribution in [0.2, 0.25) is 0 Å². The van der Waals surface area contributed by atoms with Crippen LogP contribution in [0, 0.1) is 0 Å². The maximum Gasteiger partial charge on any atom is 0.330 e. The third-order valence-corrected chi connectivity index (χ3v) is 4.57. The van der Waals surface area contributed by atoms with Crippen LogP contribution in [0.1, 0.15) is 19.3 Å². The van der Waals surface area contributed by atoms with E-state index in [1.807, 2.05) is 6.08 Å². The van der Waals surface area contributed by atoms with Gasteiger partial charge in [-0.2, -0.15) is 8.42 Å². The van der Waals surface area contributed by atoms with Crippen molar-refractivity contribution >= 4 is 22.1 Å². The molecule has 8 heteroatoms. The summed E-state index contributed by atoms with van der Waals surface area (Å²) in [5.41, 5.74) is 0.519. The molecule has 1 saturated heterocycles. The summed E-state index contributed by atoms with van der Waals surface area (Å²) in [5, 5.41) is 7.82. The van der Waals surface area contributed by atoms with Gasteiger partial charge >= 0.3 is 16.2 Å². The van der Waals surface area contributed by atoms with Gasteiger partial charge in [-0.15, -0.1) is 3.89 Å². The predicted octanol–water partition coefficient (Wildman–Crippen LogP) is 0.616. The molecule has 2 atom stereocenters. The van der Waals surface area contributed by atoms with E-state index in [-0.39, 0.29) is 0 Å². The Balaban J connectivity index is 2.25. The Morgan fingerprint density at radius 2 is 2.15 bits per heavy atom. The topological polar surface area (TPSA) is 91.8 Å². The zero-order chi connectivity index (χ0) is 14.9. The predicted molar refractivity (Wildman–Crippen MR) is 68.0 cm³/mol. The highest BCUT2D eigenvalue weighted by atomic mass is 32.3. The number of carboxylic acids is 1. The Morgan fingerprint density at radius 1 is 1.45 bits per heavy atom. The van der Waals surface area contributed by atoms with Crippen molar-refractivity contribution in [2.45, 2.75) is 30.6 Å². The third kappa shape index (κ3) is 2.90. The molecule has 2 aliphatic rings. The first-order valence-corrected chi connectivity index (χ1v) is 7.55. The van der Waals surface area contributed by atoms with E-state index in [1.165, 1.54) is 0 Å². The van der Waals surface area contributed by atoms with Gasteiger partial charge < -0.3 is 10.0 Å². The number of hydrogen-bond acceptors (Lipinski definition) is 4. The normalized spacial score (nSPS) is 24.6. The average molecular weight is 303 g/mol. The molecule has 1 aliphatic carbocycles. The fraction of sp³-hybridized carbons (Fsp3) is 0.500. The number of carbonyl (C=O) groups is 2. The summed E-state index contributed by atoms with van der Waals surface area (Å²) in [4.78, 5) is 24.1. The lowest BCUT2D eigenvalue weighted by atomic mass is 9.97. The smallest absolute Gasteiger partial charge is 0.330 e. The van der Waals surface area contributed by atoms with Crippen LogP contribution in [0.4, 0.5) is 3.89 Å². The second-order valence-corrected chi connectivity index (χ2v) is 6.40. The summed E-state index contributed by atoms with van der Waals surface area (Å²) in [5.74, 6) is -1.89. The zero-order valence-corrected chi connectivity index (χ0v) is 11.3.